The molecular formula is C19H16N4O2S. The third-order valence-electron chi connectivity index (χ3n) is 4.52. The Morgan fingerprint density at radius 3 is 2.81 bits per heavy atom. The van der Waals surface area contributed by atoms with Crippen molar-refractivity contribution in [2.45, 2.75) is 18.9 Å². The van der Waals surface area contributed by atoms with E-state index in [1.54, 1.807) is 11.3 Å². The summed E-state index contributed by atoms with van der Waals surface area (Å²) in [7, 11) is 1.28. The lowest BCUT2D eigenvalue weighted by Gasteiger charge is -2.30. The molecule has 0 radical (unpaired) electrons. The molecule has 0 unspecified atom stereocenters. The highest BCUT2D eigenvalue weighted by Crippen LogP contribution is 2.32. The van der Waals surface area contributed by atoms with Crippen LogP contribution in [0.4, 0.5) is 5.82 Å². The summed E-state index contributed by atoms with van der Waals surface area (Å²) in [6, 6.07) is 11.6. The molecule has 1 aromatic carbocycles. The zero-order valence-corrected chi connectivity index (χ0v) is 15.0. The van der Waals surface area contributed by atoms with Crippen LogP contribution in [-0.2, 0) is 22.5 Å². The van der Waals surface area contributed by atoms with Gasteiger partial charge in [-0.25, -0.2) is 9.97 Å². The SMILES string of the molecule is COC(=O)[C@H](C#N)c1nc2ccccc2nc1N1CCc2sccc2C1. The highest BCUT2D eigenvalue weighted by molar-refractivity contribution is 7.10. The number of rotatable bonds is 3. The number of carbonyl (C=O) groups is 1. The zero-order chi connectivity index (χ0) is 18.1. The van der Waals surface area contributed by atoms with Crippen LogP contribution < -0.4 is 4.90 Å². The number of thiophene rings is 1. The minimum Gasteiger partial charge on any atom is -0.468 e. The molecule has 1 aliphatic heterocycles. The molecule has 7 heteroatoms. The fraction of sp³-hybridized carbons (Fsp3) is 0.263. The molecule has 1 atom stereocenters. The predicted molar refractivity (Wildman–Crippen MR) is 99.0 cm³/mol. The minimum absolute atomic E-state index is 0.358. The molecule has 0 fully saturated rings. The number of esters is 1. The van der Waals surface area contributed by atoms with Gasteiger partial charge in [0.15, 0.2) is 11.7 Å². The van der Waals surface area contributed by atoms with Crippen LogP contribution in [0.5, 0.6) is 0 Å². The van der Waals surface area contributed by atoms with Crippen molar-refractivity contribution in [3.8, 4) is 6.07 Å². The number of benzene rings is 1. The quantitative estimate of drug-likeness (QED) is 0.665. The molecule has 0 saturated heterocycles. The maximum absolute atomic E-state index is 12.1. The predicted octanol–water partition coefficient (Wildman–Crippen LogP) is 3.03. The average Bonchev–Trinajstić information content (AvgIpc) is 3.15. The van der Waals surface area contributed by atoms with Crippen LogP contribution in [0.15, 0.2) is 35.7 Å². The smallest absolute Gasteiger partial charge is 0.329 e. The summed E-state index contributed by atoms with van der Waals surface area (Å²) in [5.74, 6) is -1.14. The first-order valence-electron chi connectivity index (χ1n) is 8.25. The fourth-order valence-electron chi connectivity index (χ4n) is 3.20. The summed E-state index contributed by atoms with van der Waals surface area (Å²) < 4.78 is 4.81. The second kappa shape index (κ2) is 6.73. The Kier molecular flexibility index (Phi) is 4.27. The van der Waals surface area contributed by atoms with Gasteiger partial charge in [0.25, 0.3) is 0 Å². The molecule has 0 aliphatic carbocycles. The third kappa shape index (κ3) is 2.78. The third-order valence-corrected chi connectivity index (χ3v) is 5.55. The summed E-state index contributed by atoms with van der Waals surface area (Å²) in [5.41, 5.74) is 3.01. The van der Waals surface area contributed by atoms with Gasteiger partial charge in [0.2, 0.25) is 0 Å². The van der Waals surface area contributed by atoms with Gasteiger partial charge in [0, 0.05) is 18.0 Å². The normalized spacial score (nSPS) is 14.5. The highest BCUT2D eigenvalue weighted by Gasteiger charge is 2.30. The van der Waals surface area contributed by atoms with Crippen molar-refractivity contribution >= 4 is 34.2 Å². The van der Waals surface area contributed by atoms with Gasteiger partial charge < -0.3 is 9.64 Å². The molecule has 2 aromatic heterocycles. The molecule has 1 aliphatic rings. The van der Waals surface area contributed by atoms with Gasteiger partial charge in [-0.1, -0.05) is 12.1 Å². The first-order valence-corrected chi connectivity index (χ1v) is 9.13. The molecule has 130 valence electrons. The molecule has 0 amide bonds. The van der Waals surface area contributed by atoms with Gasteiger partial charge in [0.05, 0.1) is 24.2 Å². The molecule has 26 heavy (non-hydrogen) atoms. The van der Waals surface area contributed by atoms with Crippen LogP contribution in [0.2, 0.25) is 0 Å². The lowest BCUT2D eigenvalue weighted by atomic mass is 10.0. The Morgan fingerprint density at radius 2 is 2.08 bits per heavy atom. The van der Waals surface area contributed by atoms with E-state index < -0.39 is 11.9 Å². The monoisotopic (exact) mass is 364 g/mol. The van der Waals surface area contributed by atoms with E-state index in [9.17, 15) is 10.1 Å². The summed E-state index contributed by atoms with van der Waals surface area (Å²) >= 11 is 1.76. The van der Waals surface area contributed by atoms with Crippen molar-refractivity contribution in [1.82, 2.24) is 9.97 Å². The van der Waals surface area contributed by atoms with E-state index in [2.05, 4.69) is 21.3 Å². The largest absolute Gasteiger partial charge is 0.468 e. The van der Waals surface area contributed by atoms with Gasteiger partial charge >= 0.3 is 5.97 Å². The molecular weight excluding hydrogens is 348 g/mol. The first kappa shape index (κ1) is 16.5. The fourth-order valence-corrected chi connectivity index (χ4v) is 4.09. The van der Waals surface area contributed by atoms with Gasteiger partial charge in [-0.3, -0.25) is 4.79 Å². The van der Waals surface area contributed by atoms with E-state index in [4.69, 9.17) is 9.72 Å². The van der Waals surface area contributed by atoms with Crippen LogP contribution in [0.25, 0.3) is 11.0 Å². The lowest BCUT2D eigenvalue weighted by Crippen LogP contribution is -2.32. The number of nitriles is 1. The van der Waals surface area contributed by atoms with E-state index in [0.29, 0.717) is 23.6 Å². The number of hydrogen-bond donors (Lipinski definition) is 0. The Hall–Kier alpha value is -2.98. The van der Waals surface area contributed by atoms with Crippen LogP contribution in [0.3, 0.4) is 0 Å². The molecule has 0 N–H and O–H groups in total. The van der Waals surface area contributed by atoms with Gasteiger partial charge in [-0.15, -0.1) is 11.3 Å². The molecule has 3 aromatic rings. The van der Waals surface area contributed by atoms with Crippen LogP contribution in [-0.4, -0.2) is 29.6 Å². The number of hydrogen-bond acceptors (Lipinski definition) is 7. The van der Waals surface area contributed by atoms with Crippen molar-refractivity contribution in [2.75, 3.05) is 18.6 Å². The summed E-state index contributed by atoms with van der Waals surface area (Å²) in [6.07, 6.45) is 0.913. The summed E-state index contributed by atoms with van der Waals surface area (Å²) in [6.45, 7) is 1.46. The summed E-state index contributed by atoms with van der Waals surface area (Å²) in [5, 5.41) is 11.7. The van der Waals surface area contributed by atoms with Crippen molar-refractivity contribution in [3.05, 3.63) is 51.8 Å². The average molecular weight is 364 g/mol. The Bertz CT molecular complexity index is 1020. The number of methoxy groups -OCH3 is 1. The van der Waals surface area contributed by atoms with E-state index in [1.165, 1.54) is 17.6 Å². The first-order chi connectivity index (χ1) is 12.7. The minimum atomic E-state index is -1.10. The maximum Gasteiger partial charge on any atom is 0.329 e. The van der Waals surface area contributed by atoms with E-state index in [-0.39, 0.29) is 0 Å². The van der Waals surface area contributed by atoms with E-state index in [1.807, 2.05) is 30.3 Å². The van der Waals surface area contributed by atoms with Crippen molar-refractivity contribution in [2.24, 2.45) is 0 Å². The maximum atomic E-state index is 12.1. The van der Waals surface area contributed by atoms with Crippen molar-refractivity contribution < 1.29 is 9.53 Å². The number of para-hydroxylation sites is 2. The van der Waals surface area contributed by atoms with Crippen LogP contribution in [0, 0.1) is 11.3 Å². The highest BCUT2D eigenvalue weighted by atomic mass is 32.1. The van der Waals surface area contributed by atoms with Crippen LogP contribution >= 0.6 is 11.3 Å². The lowest BCUT2D eigenvalue weighted by molar-refractivity contribution is -0.141. The number of carbonyl (C=O) groups excluding carboxylic acids is 1. The number of aromatic nitrogens is 2. The van der Waals surface area contributed by atoms with E-state index in [0.717, 1.165) is 18.5 Å². The second-order valence-corrected chi connectivity index (χ2v) is 7.05. The Balaban J connectivity index is 1.85. The Labute approximate surface area is 154 Å². The Morgan fingerprint density at radius 1 is 1.31 bits per heavy atom. The molecule has 3 heterocycles. The van der Waals surface area contributed by atoms with Gasteiger partial charge in [-0.2, -0.15) is 5.26 Å². The molecule has 0 saturated carbocycles. The van der Waals surface area contributed by atoms with Gasteiger partial charge in [-0.05, 0) is 35.6 Å². The van der Waals surface area contributed by atoms with Crippen molar-refractivity contribution in [1.29, 1.82) is 5.26 Å². The number of nitrogens with zero attached hydrogens (tertiary/aromatic N) is 4. The molecule has 6 nitrogen and oxygen atoms in total. The molecule has 4 rings (SSSR count). The zero-order valence-electron chi connectivity index (χ0n) is 14.2. The molecule has 0 bridgehead atoms. The number of ether oxygens (including phenoxy) is 1. The standard InChI is InChI=1S/C19H16N4O2S/c1-25-19(24)13(10-20)17-18(22-15-5-3-2-4-14(15)21-17)23-8-6-16-12(11-23)7-9-26-16/h2-5,7,9,13H,6,8,11H2,1H3/t13-/m1/s1. The van der Waals surface area contributed by atoms with Gasteiger partial charge in [0.1, 0.15) is 5.69 Å². The topological polar surface area (TPSA) is 79.1 Å². The second-order valence-electron chi connectivity index (χ2n) is 6.05. The van der Waals surface area contributed by atoms with Crippen molar-refractivity contribution in [3.63, 3.8) is 0 Å². The number of fused-ring (bicyclic) bond motifs is 2. The number of anilines is 1. The van der Waals surface area contributed by atoms with E-state index >= 15 is 0 Å². The molecule has 0 spiro atoms. The van der Waals surface area contributed by atoms with Crippen LogP contribution in [0.1, 0.15) is 22.1 Å². The summed E-state index contributed by atoms with van der Waals surface area (Å²) in [4.78, 5) is 25.0.